The van der Waals surface area contributed by atoms with Gasteiger partial charge in [-0.1, -0.05) is 6.07 Å². The highest BCUT2D eigenvalue weighted by Crippen LogP contribution is 2.36. The maximum absolute atomic E-state index is 13.2. The molecule has 2 atom stereocenters. The van der Waals surface area contributed by atoms with Crippen molar-refractivity contribution in [3.63, 3.8) is 0 Å². The van der Waals surface area contributed by atoms with Gasteiger partial charge in [0.05, 0.1) is 6.04 Å². The van der Waals surface area contributed by atoms with Gasteiger partial charge in [-0.2, -0.15) is 0 Å². The minimum atomic E-state index is -0.345. The van der Waals surface area contributed by atoms with Crippen molar-refractivity contribution in [2.24, 2.45) is 0 Å². The van der Waals surface area contributed by atoms with E-state index in [1.54, 1.807) is 18.5 Å². The zero-order valence-corrected chi connectivity index (χ0v) is 12.1. The number of carbonyl (C=O) groups is 1. The van der Waals surface area contributed by atoms with E-state index < -0.39 is 0 Å². The third-order valence-corrected chi connectivity index (χ3v) is 3.66. The van der Waals surface area contributed by atoms with Crippen LogP contribution in [0.5, 0.6) is 5.75 Å². The van der Waals surface area contributed by atoms with Crippen molar-refractivity contribution < 1.29 is 13.9 Å². The van der Waals surface area contributed by atoms with Crippen LogP contribution in [0, 0.1) is 5.82 Å². The molecule has 1 aromatic carbocycles. The Balaban J connectivity index is 1.62. The van der Waals surface area contributed by atoms with Gasteiger partial charge in [-0.15, -0.1) is 0 Å². The lowest BCUT2D eigenvalue weighted by molar-refractivity contribution is -0.122. The molecule has 0 saturated carbocycles. The van der Waals surface area contributed by atoms with Gasteiger partial charge in [0.2, 0.25) is 5.91 Å². The van der Waals surface area contributed by atoms with E-state index in [4.69, 9.17) is 4.74 Å². The number of aromatic nitrogens is 2. The first kappa shape index (κ1) is 14.4. The van der Waals surface area contributed by atoms with Crippen molar-refractivity contribution >= 4 is 5.91 Å². The quantitative estimate of drug-likeness (QED) is 0.940. The fourth-order valence-electron chi connectivity index (χ4n) is 2.55. The molecule has 3 rings (SSSR count). The van der Waals surface area contributed by atoms with Gasteiger partial charge in [0.25, 0.3) is 0 Å². The molecule has 1 N–H and O–H groups in total. The average molecular weight is 301 g/mol. The molecule has 0 unspecified atom stereocenters. The molecule has 0 bridgehead atoms. The Bertz CT molecular complexity index is 678. The predicted octanol–water partition coefficient (Wildman–Crippen LogP) is 2.19. The van der Waals surface area contributed by atoms with E-state index in [1.807, 2.05) is 6.92 Å². The number of rotatable bonds is 4. The predicted molar refractivity (Wildman–Crippen MR) is 77.7 cm³/mol. The SMILES string of the molecule is C[C@H]1Oc2cc(F)ccc2[C@@H]1NC(=O)CCc1cncnc1. The number of nitrogens with zero attached hydrogens (tertiary/aromatic N) is 2. The zero-order valence-electron chi connectivity index (χ0n) is 12.1. The highest BCUT2D eigenvalue weighted by atomic mass is 19.1. The molecule has 0 spiro atoms. The van der Waals surface area contributed by atoms with Crippen LogP contribution in [0.4, 0.5) is 4.39 Å². The third kappa shape index (κ3) is 3.05. The lowest BCUT2D eigenvalue weighted by Crippen LogP contribution is -2.34. The number of amides is 1. The largest absolute Gasteiger partial charge is 0.488 e. The minimum absolute atomic E-state index is 0.0820. The van der Waals surface area contributed by atoms with Gasteiger partial charge >= 0.3 is 0 Å². The molecule has 1 aliphatic rings. The van der Waals surface area contributed by atoms with Crippen LogP contribution in [-0.4, -0.2) is 22.0 Å². The Kier molecular flexibility index (Phi) is 4.00. The summed E-state index contributed by atoms with van der Waals surface area (Å²) in [7, 11) is 0. The molecule has 22 heavy (non-hydrogen) atoms. The van der Waals surface area contributed by atoms with Crippen molar-refractivity contribution in [2.45, 2.75) is 31.9 Å². The summed E-state index contributed by atoms with van der Waals surface area (Å²) in [5.41, 5.74) is 1.72. The highest BCUT2D eigenvalue weighted by molar-refractivity contribution is 5.77. The van der Waals surface area contributed by atoms with E-state index >= 15 is 0 Å². The number of benzene rings is 1. The maximum Gasteiger partial charge on any atom is 0.220 e. The molecular formula is C16H16FN3O2. The molecule has 0 aliphatic carbocycles. The van der Waals surface area contributed by atoms with Crippen molar-refractivity contribution in [3.8, 4) is 5.75 Å². The Morgan fingerprint density at radius 2 is 2.14 bits per heavy atom. The number of hydrogen-bond donors (Lipinski definition) is 1. The second kappa shape index (κ2) is 6.09. The third-order valence-electron chi connectivity index (χ3n) is 3.66. The van der Waals surface area contributed by atoms with Crippen LogP contribution < -0.4 is 10.1 Å². The van der Waals surface area contributed by atoms with Crippen molar-refractivity contribution in [1.29, 1.82) is 0 Å². The molecule has 2 heterocycles. The summed E-state index contributed by atoms with van der Waals surface area (Å²) in [6.45, 7) is 1.86. The molecule has 114 valence electrons. The topological polar surface area (TPSA) is 64.1 Å². The Morgan fingerprint density at radius 1 is 1.36 bits per heavy atom. The zero-order chi connectivity index (χ0) is 15.5. The number of halogens is 1. The van der Waals surface area contributed by atoms with Crippen LogP contribution in [0.15, 0.2) is 36.9 Å². The van der Waals surface area contributed by atoms with Gasteiger partial charge in [-0.05, 0) is 25.0 Å². The summed E-state index contributed by atoms with van der Waals surface area (Å²) in [6, 6.07) is 4.12. The van der Waals surface area contributed by atoms with E-state index in [2.05, 4.69) is 15.3 Å². The van der Waals surface area contributed by atoms with E-state index in [0.717, 1.165) is 11.1 Å². The highest BCUT2D eigenvalue weighted by Gasteiger charge is 2.32. The first-order chi connectivity index (χ1) is 10.6. The molecule has 6 heteroatoms. The summed E-state index contributed by atoms with van der Waals surface area (Å²) in [4.78, 5) is 19.9. The van der Waals surface area contributed by atoms with Crippen LogP contribution >= 0.6 is 0 Å². The minimum Gasteiger partial charge on any atom is -0.488 e. The molecule has 2 aromatic rings. The number of fused-ring (bicyclic) bond motifs is 1. The Hall–Kier alpha value is -2.50. The number of nitrogens with one attached hydrogen (secondary N) is 1. The molecular weight excluding hydrogens is 285 g/mol. The normalized spacial score (nSPS) is 19.4. The standard InChI is InChI=1S/C16H16FN3O2/c1-10-16(13-4-3-12(17)6-14(13)22-10)20-15(21)5-2-11-7-18-9-19-8-11/h3-4,6-10,16H,2,5H2,1H3,(H,20,21)/t10-,16-/m1/s1. The molecule has 1 aliphatic heterocycles. The van der Waals surface area contributed by atoms with Crippen LogP contribution in [0.25, 0.3) is 0 Å². The fourth-order valence-corrected chi connectivity index (χ4v) is 2.55. The number of hydrogen-bond acceptors (Lipinski definition) is 4. The summed E-state index contributed by atoms with van der Waals surface area (Å²) >= 11 is 0. The summed E-state index contributed by atoms with van der Waals surface area (Å²) < 4.78 is 18.8. The first-order valence-electron chi connectivity index (χ1n) is 7.13. The average Bonchev–Trinajstić information content (AvgIpc) is 2.81. The smallest absolute Gasteiger partial charge is 0.220 e. The van der Waals surface area contributed by atoms with E-state index in [-0.39, 0.29) is 23.9 Å². The number of aryl methyl sites for hydroxylation is 1. The van der Waals surface area contributed by atoms with Crippen molar-refractivity contribution in [1.82, 2.24) is 15.3 Å². The monoisotopic (exact) mass is 301 g/mol. The molecule has 0 fully saturated rings. The Morgan fingerprint density at radius 3 is 2.91 bits per heavy atom. The van der Waals surface area contributed by atoms with Gasteiger partial charge in [0.15, 0.2) is 0 Å². The number of ether oxygens (including phenoxy) is 1. The summed E-state index contributed by atoms with van der Waals surface area (Å²) in [5.74, 6) is 0.0674. The van der Waals surface area contributed by atoms with Gasteiger partial charge in [-0.3, -0.25) is 4.79 Å². The second-order valence-electron chi connectivity index (χ2n) is 5.30. The van der Waals surface area contributed by atoms with E-state index in [1.165, 1.54) is 18.5 Å². The van der Waals surface area contributed by atoms with Gasteiger partial charge in [0, 0.05) is 30.4 Å². The molecule has 0 saturated heterocycles. The Labute approximate surface area is 127 Å². The molecule has 0 radical (unpaired) electrons. The lowest BCUT2D eigenvalue weighted by Gasteiger charge is -2.16. The van der Waals surface area contributed by atoms with E-state index in [9.17, 15) is 9.18 Å². The molecule has 1 aromatic heterocycles. The van der Waals surface area contributed by atoms with Gasteiger partial charge < -0.3 is 10.1 Å². The van der Waals surface area contributed by atoms with Gasteiger partial charge in [-0.25, -0.2) is 14.4 Å². The van der Waals surface area contributed by atoms with E-state index in [0.29, 0.717) is 18.6 Å². The summed E-state index contributed by atoms with van der Waals surface area (Å²) in [5, 5.41) is 2.95. The lowest BCUT2D eigenvalue weighted by atomic mass is 10.0. The van der Waals surface area contributed by atoms with Crippen LogP contribution in [-0.2, 0) is 11.2 Å². The van der Waals surface area contributed by atoms with Crippen LogP contribution in [0.2, 0.25) is 0 Å². The number of carbonyl (C=O) groups excluding carboxylic acids is 1. The molecule has 5 nitrogen and oxygen atoms in total. The van der Waals surface area contributed by atoms with Crippen molar-refractivity contribution in [3.05, 3.63) is 53.9 Å². The van der Waals surface area contributed by atoms with Crippen molar-refractivity contribution in [2.75, 3.05) is 0 Å². The fraction of sp³-hybridized carbons (Fsp3) is 0.312. The van der Waals surface area contributed by atoms with Gasteiger partial charge in [0.1, 0.15) is 24.0 Å². The van der Waals surface area contributed by atoms with Crippen LogP contribution in [0.3, 0.4) is 0 Å². The van der Waals surface area contributed by atoms with Crippen LogP contribution in [0.1, 0.15) is 30.5 Å². The maximum atomic E-state index is 13.2. The second-order valence-corrected chi connectivity index (χ2v) is 5.30. The summed E-state index contributed by atoms with van der Waals surface area (Å²) in [6.07, 6.45) is 5.54. The molecule has 1 amide bonds. The first-order valence-corrected chi connectivity index (χ1v) is 7.13.